The second kappa shape index (κ2) is 7.50. The molecule has 4 rings (SSSR count). The minimum atomic E-state index is 0.0941. The molecule has 0 radical (unpaired) electrons. The fourth-order valence-electron chi connectivity index (χ4n) is 4.36. The first-order valence-electron chi connectivity index (χ1n) is 9.46. The number of nitrogens with zero attached hydrogens (tertiary/aromatic N) is 5. The number of pyridine rings is 1. The normalized spacial score (nSPS) is 22.9. The highest BCUT2D eigenvalue weighted by Crippen LogP contribution is 2.41. The van der Waals surface area contributed by atoms with Gasteiger partial charge in [-0.05, 0) is 30.9 Å². The maximum Gasteiger partial charge on any atom is 0.257 e. The molecule has 2 aliphatic rings. The molecule has 0 N–H and O–H groups in total. The molecule has 2 saturated heterocycles. The molecule has 1 unspecified atom stereocenters. The summed E-state index contributed by atoms with van der Waals surface area (Å²) in [6.07, 6.45) is 10.7. The molecule has 7 nitrogen and oxygen atoms in total. The molecule has 27 heavy (non-hydrogen) atoms. The number of hydrogen-bond acceptors (Lipinski definition) is 6. The van der Waals surface area contributed by atoms with Gasteiger partial charge in [0, 0.05) is 62.8 Å². The molecule has 7 heteroatoms. The fraction of sp³-hybridized carbons (Fsp3) is 0.500. The minimum absolute atomic E-state index is 0.0941. The van der Waals surface area contributed by atoms with Gasteiger partial charge in [0.25, 0.3) is 5.88 Å². The van der Waals surface area contributed by atoms with Crippen molar-refractivity contribution in [1.29, 1.82) is 0 Å². The summed E-state index contributed by atoms with van der Waals surface area (Å²) >= 11 is 0. The lowest BCUT2D eigenvalue weighted by atomic mass is 9.73. The lowest BCUT2D eigenvalue weighted by molar-refractivity contribution is -0.138. The molecule has 2 aromatic rings. The summed E-state index contributed by atoms with van der Waals surface area (Å²) < 4.78 is 5.40. The van der Waals surface area contributed by atoms with Crippen LogP contribution in [0.5, 0.6) is 5.88 Å². The first-order valence-corrected chi connectivity index (χ1v) is 9.46. The molecule has 1 amide bonds. The van der Waals surface area contributed by atoms with Gasteiger partial charge in [-0.3, -0.25) is 9.78 Å². The van der Waals surface area contributed by atoms with Gasteiger partial charge in [0.05, 0.1) is 7.11 Å². The van der Waals surface area contributed by atoms with Crippen molar-refractivity contribution < 1.29 is 9.53 Å². The molecule has 0 saturated carbocycles. The third kappa shape index (κ3) is 3.72. The van der Waals surface area contributed by atoms with E-state index in [1.165, 1.54) is 0 Å². The summed E-state index contributed by atoms with van der Waals surface area (Å²) in [6.45, 7) is 3.22. The van der Waals surface area contributed by atoms with E-state index >= 15 is 0 Å². The number of rotatable bonds is 4. The molecular formula is C20H25N5O2. The van der Waals surface area contributed by atoms with Crippen molar-refractivity contribution in [2.75, 3.05) is 31.6 Å². The number of anilines is 1. The second-order valence-electron chi connectivity index (χ2n) is 7.53. The zero-order chi connectivity index (χ0) is 18.7. The Morgan fingerprint density at radius 3 is 2.89 bits per heavy atom. The van der Waals surface area contributed by atoms with E-state index < -0.39 is 0 Å². The summed E-state index contributed by atoms with van der Waals surface area (Å²) in [5.74, 6) is 1.60. The molecule has 4 heterocycles. The molecule has 2 fully saturated rings. The maximum absolute atomic E-state index is 12.5. The van der Waals surface area contributed by atoms with Crippen molar-refractivity contribution in [3.8, 4) is 5.88 Å². The molecular weight excluding hydrogens is 342 g/mol. The Morgan fingerprint density at radius 2 is 2.07 bits per heavy atom. The van der Waals surface area contributed by atoms with Crippen LogP contribution in [-0.2, 0) is 11.3 Å². The molecule has 2 aliphatic heterocycles. The summed E-state index contributed by atoms with van der Waals surface area (Å²) in [5.41, 5.74) is 1.17. The minimum Gasteiger partial charge on any atom is -0.478 e. The van der Waals surface area contributed by atoms with Crippen LogP contribution in [0.25, 0.3) is 0 Å². The average molecular weight is 367 g/mol. The highest BCUT2D eigenvalue weighted by atomic mass is 16.5. The Kier molecular flexibility index (Phi) is 4.92. The van der Waals surface area contributed by atoms with E-state index in [0.717, 1.165) is 50.3 Å². The molecule has 1 spiro atoms. The zero-order valence-electron chi connectivity index (χ0n) is 15.7. The van der Waals surface area contributed by atoms with Gasteiger partial charge in [0.1, 0.15) is 0 Å². The molecule has 1 atom stereocenters. The number of ether oxygens (including phenoxy) is 1. The smallest absolute Gasteiger partial charge is 0.257 e. The van der Waals surface area contributed by atoms with E-state index in [1.54, 1.807) is 25.7 Å². The van der Waals surface area contributed by atoms with Gasteiger partial charge in [-0.1, -0.05) is 6.07 Å². The zero-order valence-corrected chi connectivity index (χ0v) is 15.7. The average Bonchev–Trinajstić information content (AvgIpc) is 2.72. The highest BCUT2D eigenvalue weighted by molar-refractivity contribution is 5.77. The van der Waals surface area contributed by atoms with E-state index in [2.05, 4.69) is 19.9 Å². The van der Waals surface area contributed by atoms with Crippen LogP contribution in [0.1, 0.15) is 31.2 Å². The van der Waals surface area contributed by atoms with Crippen LogP contribution in [0.4, 0.5) is 5.82 Å². The maximum atomic E-state index is 12.5. The van der Waals surface area contributed by atoms with E-state index in [9.17, 15) is 4.79 Å². The first-order chi connectivity index (χ1) is 13.2. The van der Waals surface area contributed by atoms with E-state index in [-0.39, 0.29) is 11.3 Å². The van der Waals surface area contributed by atoms with Crippen molar-refractivity contribution in [3.63, 3.8) is 0 Å². The summed E-state index contributed by atoms with van der Waals surface area (Å²) in [4.78, 5) is 29.8. The van der Waals surface area contributed by atoms with Gasteiger partial charge in [-0.25, -0.2) is 9.97 Å². The number of methoxy groups -OCH3 is 1. The largest absolute Gasteiger partial charge is 0.478 e. The number of piperidine rings is 2. The van der Waals surface area contributed by atoms with Gasteiger partial charge in [0.2, 0.25) is 5.91 Å². The van der Waals surface area contributed by atoms with Crippen molar-refractivity contribution >= 4 is 11.7 Å². The summed E-state index contributed by atoms with van der Waals surface area (Å²) in [5, 5.41) is 0. The van der Waals surface area contributed by atoms with Crippen molar-refractivity contribution in [3.05, 3.63) is 42.5 Å². The Morgan fingerprint density at radius 1 is 1.19 bits per heavy atom. The van der Waals surface area contributed by atoms with Crippen molar-refractivity contribution in [2.45, 2.75) is 32.2 Å². The molecule has 0 aliphatic carbocycles. The number of carbonyl (C=O) groups excluding carboxylic acids is 1. The monoisotopic (exact) mass is 367 g/mol. The third-order valence-electron chi connectivity index (χ3n) is 5.65. The topological polar surface area (TPSA) is 71.5 Å². The van der Waals surface area contributed by atoms with Crippen LogP contribution in [0, 0.1) is 5.41 Å². The van der Waals surface area contributed by atoms with Crippen LogP contribution in [-0.4, -0.2) is 52.5 Å². The van der Waals surface area contributed by atoms with Gasteiger partial charge < -0.3 is 14.5 Å². The van der Waals surface area contributed by atoms with Gasteiger partial charge in [0.15, 0.2) is 5.82 Å². The molecule has 2 aromatic heterocycles. The Balaban J connectivity index is 1.52. The Hall–Kier alpha value is -2.70. The van der Waals surface area contributed by atoms with Crippen LogP contribution in [0.2, 0.25) is 0 Å². The highest BCUT2D eigenvalue weighted by Gasteiger charge is 2.42. The van der Waals surface area contributed by atoms with Gasteiger partial charge in [-0.2, -0.15) is 0 Å². The van der Waals surface area contributed by atoms with Crippen LogP contribution < -0.4 is 9.64 Å². The predicted molar refractivity (Wildman–Crippen MR) is 101 cm³/mol. The first kappa shape index (κ1) is 17.7. The summed E-state index contributed by atoms with van der Waals surface area (Å²) in [7, 11) is 1.63. The fourth-order valence-corrected chi connectivity index (χ4v) is 4.36. The van der Waals surface area contributed by atoms with E-state index in [4.69, 9.17) is 4.74 Å². The number of likely N-dealkylation sites (tertiary alicyclic amines) is 1. The predicted octanol–water partition coefficient (Wildman–Crippen LogP) is 2.29. The lowest BCUT2D eigenvalue weighted by Gasteiger charge is -2.48. The second-order valence-corrected chi connectivity index (χ2v) is 7.53. The van der Waals surface area contributed by atoms with E-state index in [0.29, 0.717) is 18.8 Å². The number of aromatic nitrogens is 3. The Bertz CT molecular complexity index is 800. The molecule has 0 aromatic carbocycles. The van der Waals surface area contributed by atoms with Crippen LogP contribution in [0.15, 0.2) is 36.9 Å². The van der Waals surface area contributed by atoms with Gasteiger partial charge in [-0.15, -0.1) is 0 Å². The SMILES string of the molecule is COc1nccnc1N1CCCC2(CCC(=O)N(Cc3cccnc3)C2)C1. The number of carbonyl (C=O) groups is 1. The molecule has 0 bridgehead atoms. The van der Waals surface area contributed by atoms with Crippen LogP contribution in [0.3, 0.4) is 0 Å². The standard InChI is InChI=1S/C20H25N5O2/c1-27-19-18(22-9-10-23-19)24-11-3-6-20(14-24)7-5-17(26)25(15-20)13-16-4-2-8-21-12-16/h2,4,8-10,12H,3,5-7,11,13-15H2,1H3. The number of hydrogen-bond donors (Lipinski definition) is 0. The van der Waals surface area contributed by atoms with Gasteiger partial charge >= 0.3 is 0 Å². The van der Waals surface area contributed by atoms with Crippen molar-refractivity contribution in [1.82, 2.24) is 19.9 Å². The number of amides is 1. The van der Waals surface area contributed by atoms with Crippen LogP contribution >= 0.6 is 0 Å². The summed E-state index contributed by atoms with van der Waals surface area (Å²) in [6, 6.07) is 3.95. The molecule has 142 valence electrons. The quantitative estimate of drug-likeness (QED) is 0.826. The lowest BCUT2D eigenvalue weighted by Crippen LogP contribution is -2.54. The van der Waals surface area contributed by atoms with E-state index in [1.807, 2.05) is 23.2 Å². The Labute approximate surface area is 159 Å². The third-order valence-corrected chi connectivity index (χ3v) is 5.65. The van der Waals surface area contributed by atoms with Crippen molar-refractivity contribution in [2.24, 2.45) is 5.41 Å².